The molecule has 1 fully saturated rings. The molecule has 7 nitrogen and oxygen atoms in total. The maximum absolute atomic E-state index is 12.7. The standard InChI is InChI=1S/C18H24N4O3S/c1-13-6-7-14(2)16(9-13)20-18(23)15-5-4-8-22(10-15)26(24,25)17-11-21(3)12-19-17/h6-7,9,11-12,15H,4-5,8,10H2,1-3H3,(H,20,23)/t15-/m0/s1. The largest absolute Gasteiger partial charge is 0.339 e. The first kappa shape index (κ1) is 18.6. The van der Waals surface area contributed by atoms with E-state index < -0.39 is 10.0 Å². The molecule has 140 valence electrons. The molecule has 8 heteroatoms. The van der Waals surface area contributed by atoms with E-state index in [1.54, 1.807) is 11.6 Å². The van der Waals surface area contributed by atoms with E-state index in [4.69, 9.17) is 0 Å². The zero-order chi connectivity index (χ0) is 18.9. The van der Waals surface area contributed by atoms with Crippen molar-refractivity contribution in [1.82, 2.24) is 13.9 Å². The first-order valence-electron chi connectivity index (χ1n) is 8.63. The van der Waals surface area contributed by atoms with Crippen LogP contribution >= 0.6 is 0 Å². The Morgan fingerprint density at radius 3 is 2.77 bits per heavy atom. The molecule has 1 aromatic heterocycles. The van der Waals surface area contributed by atoms with E-state index in [0.29, 0.717) is 19.4 Å². The highest BCUT2D eigenvalue weighted by molar-refractivity contribution is 7.89. The number of aryl methyl sites for hydroxylation is 3. The molecule has 0 unspecified atom stereocenters. The van der Waals surface area contributed by atoms with Crippen molar-refractivity contribution in [3.8, 4) is 0 Å². The summed E-state index contributed by atoms with van der Waals surface area (Å²) in [5.41, 5.74) is 2.83. The average Bonchev–Trinajstić information content (AvgIpc) is 3.05. The molecule has 0 saturated carbocycles. The van der Waals surface area contributed by atoms with Gasteiger partial charge in [0.1, 0.15) is 0 Å². The van der Waals surface area contributed by atoms with Gasteiger partial charge in [-0.05, 0) is 43.9 Å². The first-order chi connectivity index (χ1) is 12.3. The SMILES string of the molecule is Cc1ccc(C)c(NC(=O)[C@H]2CCCN(S(=O)(=O)c3cn(C)cn3)C2)c1. The summed E-state index contributed by atoms with van der Waals surface area (Å²) in [7, 11) is -1.95. The smallest absolute Gasteiger partial charge is 0.262 e. The molecule has 0 spiro atoms. The van der Waals surface area contributed by atoms with Crippen molar-refractivity contribution in [3.05, 3.63) is 41.9 Å². The van der Waals surface area contributed by atoms with Crippen molar-refractivity contribution in [2.24, 2.45) is 13.0 Å². The maximum Gasteiger partial charge on any atom is 0.262 e. The number of piperidine rings is 1. The van der Waals surface area contributed by atoms with Gasteiger partial charge in [0.2, 0.25) is 5.91 Å². The van der Waals surface area contributed by atoms with E-state index in [0.717, 1.165) is 16.8 Å². The number of sulfonamides is 1. The van der Waals surface area contributed by atoms with Crippen LogP contribution in [0.15, 0.2) is 35.7 Å². The minimum atomic E-state index is -3.67. The normalized spacial score (nSPS) is 18.7. The van der Waals surface area contributed by atoms with Crippen LogP contribution in [-0.2, 0) is 21.9 Å². The van der Waals surface area contributed by atoms with Gasteiger partial charge in [0, 0.05) is 32.0 Å². The van der Waals surface area contributed by atoms with E-state index in [9.17, 15) is 13.2 Å². The second-order valence-electron chi connectivity index (χ2n) is 6.89. The summed E-state index contributed by atoms with van der Waals surface area (Å²) in [6, 6.07) is 5.88. The number of nitrogens with zero attached hydrogens (tertiary/aromatic N) is 3. The van der Waals surface area contributed by atoms with Crippen LogP contribution in [0, 0.1) is 19.8 Å². The number of amides is 1. The first-order valence-corrected chi connectivity index (χ1v) is 10.1. The molecular formula is C18H24N4O3S. The summed E-state index contributed by atoms with van der Waals surface area (Å²) in [5, 5.41) is 2.98. The minimum Gasteiger partial charge on any atom is -0.339 e. The third-order valence-electron chi connectivity index (χ3n) is 4.69. The Balaban J connectivity index is 1.74. The molecule has 1 aliphatic rings. The third-order valence-corrected chi connectivity index (χ3v) is 6.44. The molecular weight excluding hydrogens is 352 g/mol. The summed E-state index contributed by atoms with van der Waals surface area (Å²) < 4.78 is 28.5. The highest BCUT2D eigenvalue weighted by Crippen LogP contribution is 2.25. The number of nitrogens with one attached hydrogen (secondary N) is 1. The Morgan fingerprint density at radius 2 is 2.08 bits per heavy atom. The molecule has 3 rings (SSSR count). The number of rotatable bonds is 4. The predicted octanol–water partition coefficient (Wildman–Crippen LogP) is 2.08. The Morgan fingerprint density at radius 1 is 1.31 bits per heavy atom. The lowest BCUT2D eigenvalue weighted by molar-refractivity contribution is -0.120. The van der Waals surface area contributed by atoms with Gasteiger partial charge < -0.3 is 9.88 Å². The van der Waals surface area contributed by atoms with Gasteiger partial charge in [-0.3, -0.25) is 4.79 Å². The van der Waals surface area contributed by atoms with Crippen molar-refractivity contribution in [3.63, 3.8) is 0 Å². The Labute approximate surface area is 154 Å². The second kappa shape index (κ2) is 7.20. The number of aromatic nitrogens is 2. The minimum absolute atomic E-state index is 0.0237. The van der Waals surface area contributed by atoms with Crippen molar-refractivity contribution < 1.29 is 13.2 Å². The molecule has 1 atom stereocenters. The molecule has 0 radical (unpaired) electrons. The van der Waals surface area contributed by atoms with Crippen LogP contribution < -0.4 is 5.32 Å². The summed E-state index contributed by atoms with van der Waals surface area (Å²) >= 11 is 0. The number of carbonyl (C=O) groups excluding carboxylic acids is 1. The fourth-order valence-electron chi connectivity index (χ4n) is 3.13. The zero-order valence-electron chi connectivity index (χ0n) is 15.3. The van der Waals surface area contributed by atoms with Crippen LogP contribution in [0.1, 0.15) is 24.0 Å². The monoisotopic (exact) mass is 376 g/mol. The van der Waals surface area contributed by atoms with Gasteiger partial charge in [-0.1, -0.05) is 12.1 Å². The Bertz CT molecular complexity index is 920. The number of hydrogen-bond donors (Lipinski definition) is 1. The highest BCUT2D eigenvalue weighted by atomic mass is 32.2. The molecule has 2 aromatic rings. The zero-order valence-corrected chi connectivity index (χ0v) is 16.1. The van der Waals surface area contributed by atoms with E-state index in [1.807, 2.05) is 32.0 Å². The Kier molecular flexibility index (Phi) is 5.15. The molecule has 1 amide bonds. The van der Waals surface area contributed by atoms with E-state index >= 15 is 0 Å². The highest BCUT2D eigenvalue weighted by Gasteiger charge is 2.34. The Hall–Kier alpha value is -2.19. The molecule has 1 saturated heterocycles. The number of carbonyl (C=O) groups is 1. The summed E-state index contributed by atoms with van der Waals surface area (Å²) in [5.74, 6) is -0.512. The number of benzene rings is 1. The fourth-order valence-corrected chi connectivity index (χ4v) is 4.62. The van der Waals surface area contributed by atoms with E-state index in [-0.39, 0.29) is 23.4 Å². The molecule has 1 aliphatic heterocycles. The van der Waals surface area contributed by atoms with Crippen molar-refractivity contribution in [2.45, 2.75) is 31.7 Å². The molecule has 0 aliphatic carbocycles. The van der Waals surface area contributed by atoms with Crippen LogP contribution in [0.25, 0.3) is 0 Å². The van der Waals surface area contributed by atoms with Gasteiger partial charge in [-0.25, -0.2) is 13.4 Å². The fraction of sp³-hybridized carbons (Fsp3) is 0.444. The van der Waals surface area contributed by atoms with Crippen molar-refractivity contribution in [1.29, 1.82) is 0 Å². The van der Waals surface area contributed by atoms with Gasteiger partial charge in [0.05, 0.1) is 12.2 Å². The van der Waals surface area contributed by atoms with Gasteiger partial charge in [0.15, 0.2) is 5.03 Å². The van der Waals surface area contributed by atoms with E-state index in [2.05, 4.69) is 10.3 Å². The summed E-state index contributed by atoms with van der Waals surface area (Å²) in [6.07, 6.45) is 4.26. The molecule has 0 bridgehead atoms. The molecule has 1 N–H and O–H groups in total. The van der Waals surface area contributed by atoms with Crippen LogP contribution in [0.4, 0.5) is 5.69 Å². The second-order valence-corrected chi connectivity index (χ2v) is 8.77. The van der Waals surface area contributed by atoms with Crippen LogP contribution in [0.5, 0.6) is 0 Å². The van der Waals surface area contributed by atoms with Gasteiger partial charge in [-0.2, -0.15) is 4.31 Å². The quantitative estimate of drug-likeness (QED) is 0.885. The average molecular weight is 376 g/mol. The van der Waals surface area contributed by atoms with Crippen molar-refractivity contribution in [2.75, 3.05) is 18.4 Å². The summed E-state index contributed by atoms with van der Waals surface area (Å²) in [4.78, 5) is 16.6. The van der Waals surface area contributed by atoms with Crippen molar-refractivity contribution >= 4 is 21.6 Å². The number of hydrogen-bond acceptors (Lipinski definition) is 4. The van der Waals surface area contributed by atoms with E-state index in [1.165, 1.54) is 16.8 Å². The lowest BCUT2D eigenvalue weighted by Crippen LogP contribution is -2.43. The lowest BCUT2D eigenvalue weighted by atomic mass is 9.98. The van der Waals surface area contributed by atoms with Gasteiger partial charge in [0.25, 0.3) is 10.0 Å². The summed E-state index contributed by atoms with van der Waals surface area (Å²) in [6.45, 7) is 4.49. The van der Waals surface area contributed by atoms with Crippen LogP contribution in [0.3, 0.4) is 0 Å². The maximum atomic E-state index is 12.7. The van der Waals surface area contributed by atoms with Gasteiger partial charge in [-0.15, -0.1) is 0 Å². The molecule has 2 heterocycles. The van der Waals surface area contributed by atoms with Gasteiger partial charge >= 0.3 is 0 Å². The third kappa shape index (κ3) is 3.81. The predicted molar refractivity (Wildman–Crippen MR) is 99.2 cm³/mol. The number of imidazole rings is 1. The topological polar surface area (TPSA) is 84.3 Å². The molecule has 26 heavy (non-hydrogen) atoms. The molecule has 1 aromatic carbocycles. The van der Waals surface area contributed by atoms with Crippen LogP contribution in [0.2, 0.25) is 0 Å². The van der Waals surface area contributed by atoms with Crippen LogP contribution in [-0.4, -0.2) is 41.3 Å². The number of anilines is 1. The lowest BCUT2D eigenvalue weighted by Gasteiger charge is -2.30.